The molecule has 1 aromatic carbocycles. The molecule has 6 nitrogen and oxygen atoms in total. The van der Waals surface area contributed by atoms with Gasteiger partial charge < -0.3 is 19.3 Å². The van der Waals surface area contributed by atoms with E-state index >= 15 is 0 Å². The van der Waals surface area contributed by atoms with E-state index in [2.05, 4.69) is 0 Å². The summed E-state index contributed by atoms with van der Waals surface area (Å²) in [6.45, 7) is 3.69. The lowest BCUT2D eigenvalue weighted by Gasteiger charge is -2.11. The number of carbonyl (C=O) groups excluding carboxylic acids is 2. The summed E-state index contributed by atoms with van der Waals surface area (Å²) in [7, 11) is -2.52. The maximum atomic E-state index is 11.6. The van der Waals surface area contributed by atoms with Gasteiger partial charge in [-0.1, -0.05) is 0 Å². The Kier molecular flexibility index (Phi) is 5.89. The fourth-order valence-corrected chi connectivity index (χ4v) is 2.06. The topological polar surface area (TPSA) is 93.1 Å². The van der Waals surface area contributed by atoms with E-state index in [-0.39, 0.29) is 29.6 Å². The number of benzene rings is 1. The average Bonchev–Trinajstić information content (AvgIpc) is 2.38. The number of hydrogen-bond acceptors (Lipinski definition) is 6. The normalized spacial score (nSPS) is 10.4. The molecule has 0 saturated heterocycles. The second kappa shape index (κ2) is 7.19. The SMILES string of the molecule is CCOC(=O)c1ccc(C(=O)OCC)c(P(O)O)c1. The summed E-state index contributed by atoms with van der Waals surface area (Å²) in [5.74, 6) is -1.25. The largest absolute Gasteiger partial charge is 0.462 e. The van der Waals surface area contributed by atoms with Crippen molar-refractivity contribution in [2.45, 2.75) is 13.8 Å². The van der Waals surface area contributed by atoms with Crippen molar-refractivity contribution < 1.29 is 28.8 Å². The second-order valence-corrected chi connectivity index (χ2v) is 4.52. The lowest BCUT2D eigenvalue weighted by atomic mass is 10.1. The summed E-state index contributed by atoms with van der Waals surface area (Å²) in [5.41, 5.74) is 0.187. The molecule has 1 rings (SSSR count). The van der Waals surface area contributed by atoms with Gasteiger partial charge in [-0.2, -0.15) is 0 Å². The first kappa shape index (κ1) is 15.6. The van der Waals surface area contributed by atoms with Gasteiger partial charge in [0.1, 0.15) is 0 Å². The van der Waals surface area contributed by atoms with Gasteiger partial charge in [0.05, 0.1) is 24.3 Å². The van der Waals surface area contributed by atoms with Gasteiger partial charge >= 0.3 is 11.9 Å². The Bertz CT molecular complexity index is 471. The maximum Gasteiger partial charge on any atom is 0.338 e. The smallest absolute Gasteiger partial charge is 0.338 e. The third kappa shape index (κ3) is 3.99. The highest BCUT2D eigenvalue weighted by Gasteiger charge is 2.20. The number of rotatable bonds is 5. The van der Waals surface area contributed by atoms with Gasteiger partial charge in [-0.15, -0.1) is 0 Å². The quantitative estimate of drug-likeness (QED) is 0.618. The molecule has 0 fully saturated rings. The van der Waals surface area contributed by atoms with Crippen LogP contribution in [0.3, 0.4) is 0 Å². The minimum Gasteiger partial charge on any atom is -0.462 e. The van der Waals surface area contributed by atoms with E-state index in [1.165, 1.54) is 18.2 Å². The van der Waals surface area contributed by atoms with Crippen LogP contribution < -0.4 is 5.30 Å². The molecule has 1 aromatic rings. The molecule has 0 aliphatic rings. The highest BCUT2D eigenvalue weighted by molar-refractivity contribution is 7.54. The van der Waals surface area contributed by atoms with E-state index in [1.807, 2.05) is 0 Å². The van der Waals surface area contributed by atoms with E-state index in [1.54, 1.807) is 13.8 Å². The fourth-order valence-electron chi connectivity index (χ4n) is 1.42. The Hall–Kier alpha value is -1.49. The fraction of sp³-hybridized carbons (Fsp3) is 0.333. The first-order valence-electron chi connectivity index (χ1n) is 5.67. The van der Waals surface area contributed by atoms with Gasteiger partial charge in [0.2, 0.25) is 8.38 Å². The van der Waals surface area contributed by atoms with E-state index < -0.39 is 20.3 Å². The van der Waals surface area contributed by atoms with Crippen LogP contribution in [0.4, 0.5) is 0 Å². The van der Waals surface area contributed by atoms with Crippen LogP contribution in [0.1, 0.15) is 34.6 Å². The standard InChI is InChI=1S/C12H15O6P/c1-3-17-11(13)8-5-6-9(12(14)18-4-2)10(7-8)19(15)16/h5-7,15-16H,3-4H2,1-2H3. The highest BCUT2D eigenvalue weighted by atomic mass is 31.2. The molecule has 104 valence electrons. The average molecular weight is 286 g/mol. The molecule has 0 spiro atoms. The summed E-state index contributed by atoms with van der Waals surface area (Å²) in [4.78, 5) is 41.8. The highest BCUT2D eigenvalue weighted by Crippen LogP contribution is 2.25. The number of ether oxygens (including phenoxy) is 2. The molecule has 0 radical (unpaired) electrons. The van der Waals surface area contributed by atoms with Crippen LogP contribution in [0.25, 0.3) is 0 Å². The molecule has 2 N–H and O–H groups in total. The van der Waals surface area contributed by atoms with E-state index in [9.17, 15) is 19.4 Å². The molecular weight excluding hydrogens is 271 g/mol. The van der Waals surface area contributed by atoms with Crippen LogP contribution in [-0.4, -0.2) is 34.9 Å². The van der Waals surface area contributed by atoms with Crippen LogP contribution in [0.2, 0.25) is 0 Å². The maximum absolute atomic E-state index is 11.6. The number of hydrogen-bond donors (Lipinski definition) is 2. The summed E-state index contributed by atoms with van der Waals surface area (Å²) in [5, 5.41) is -0.0287. The van der Waals surface area contributed by atoms with Crippen LogP contribution in [0, 0.1) is 0 Å². The predicted molar refractivity (Wildman–Crippen MR) is 69.3 cm³/mol. The molecule has 0 aliphatic heterocycles. The molecule has 0 amide bonds. The molecule has 0 unspecified atom stereocenters. The Morgan fingerprint density at radius 3 is 2.21 bits per heavy atom. The molecule has 0 bridgehead atoms. The van der Waals surface area contributed by atoms with Crippen LogP contribution in [-0.2, 0) is 9.47 Å². The summed E-state index contributed by atoms with van der Waals surface area (Å²) < 4.78 is 9.60. The summed E-state index contributed by atoms with van der Waals surface area (Å²) in [6, 6.07) is 3.93. The first-order valence-corrected chi connectivity index (χ1v) is 6.92. The Morgan fingerprint density at radius 1 is 1.11 bits per heavy atom. The van der Waals surface area contributed by atoms with E-state index in [0.29, 0.717) is 0 Å². The summed E-state index contributed by atoms with van der Waals surface area (Å²) in [6.07, 6.45) is 0. The zero-order valence-corrected chi connectivity index (χ0v) is 11.5. The molecule has 19 heavy (non-hydrogen) atoms. The molecule has 0 heterocycles. The third-order valence-electron chi connectivity index (χ3n) is 2.22. The third-order valence-corrected chi connectivity index (χ3v) is 3.02. The Morgan fingerprint density at radius 2 is 1.68 bits per heavy atom. The zero-order chi connectivity index (χ0) is 14.4. The van der Waals surface area contributed by atoms with E-state index in [0.717, 1.165) is 0 Å². The van der Waals surface area contributed by atoms with Crippen LogP contribution in [0.15, 0.2) is 18.2 Å². The molecule has 0 atom stereocenters. The van der Waals surface area contributed by atoms with Crippen LogP contribution in [0.5, 0.6) is 0 Å². The van der Waals surface area contributed by atoms with Gasteiger partial charge in [0, 0.05) is 5.30 Å². The number of carbonyl (C=O) groups is 2. The van der Waals surface area contributed by atoms with E-state index in [4.69, 9.17) is 9.47 Å². The van der Waals surface area contributed by atoms with Crippen molar-refractivity contribution in [3.8, 4) is 0 Å². The first-order chi connectivity index (χ1) is 9.01. The lowest BCUT2D eigenvalue weighted by molar-refractivity contribution is 0.0512. The number of esters is 2. The van der Waals surface area contributed by atoms with Gasteiger partial charge in [-0.25, -0.2) is 9.59 Å². The van der Waals surface area contributed by atoms with Gasteiger partial charge in [-0.05, 0) is 32.0 Å². The minimum absolute atomic E-state index is 0.0287. The lowest BCUT2D eigenvalue weighted by Crippen LogP contribution is -2.19. The Balaban J connectivity index is 3.15. The molecule has 0 aliphatic carbocycles. The van der Waals surface area contributed by atoms with Crippen molar-refractivity contribution >= 4 is 25.6 Å². The zero-order valence-electron chi connectivity index (χ0n) is 10.6. The van der Waals surface area contributed by atoms with Crippen molar-refractivity contribution in [3.05, 3.63) is 29.3 Å². The second-order valence-electron chi connectivity index (χ2n) is 3.46. The monoisotopic (exact) mass is 286 g/mol. The van der Waals surface area contributed by atoms with Crippen molar-refractivity contribution in [3.63, 3.8) is 0 Å². The molecule has 0 aromatic heterocycles. The van der Waals surface area contributed by atoms with Gasteiger partial charge in [0.25, 0.3) is 0 Å². The molecule has 7 heteroatoms. The van der Waals surface area contributed by atoms with Gasteiger partial charge in [0.15, 0.2) is 0 Å². The molecular formula is C12H15O6P. The van der Waals surface area contributed by atoms with Crippen molar-refractivity contribution in [2.75, 3.05) is 13.2 Å². The van der Waals surface area contributed by atoms with Crippen LogP contribution >= 0.6 is 8.38 Å². The van der Waals surface area contributed by atoms with Gasteiger partial charge in [-0.3, -0.25) is 0 Å². The minimum atomic E-state index is -2.52. The molecule has 0 saturated carbocycles. The summed E-state index contributed by atoms with van der Waals surface area (Å²) >= 11 is 0. The van der Waals surface area contributed by atoms with Crippen molar-refractivity contribution in [1.29, 1.82) is 0 Å². The Labute approximate surface area is 111 Å². The van der Waals surface area contributed by atoms with Crippen molar-refractivity contribution in [2.24, 2.45) is 0 Å². The van der Waals surface area contributed by atoms with Crippen molar-refractivity contribution in [1.82, 2.24) is 0 Å². The predicted octanol–water partition coefficient (Wildman–Crippen LogP) is 0.962.